The maximum absolute atomic E-state index is 4.00. The van der Waals surface area contributed by atoms with E-state index in [2.05, 4.69) is 33.7 Å². The zero-order valence-corrected chi connectivity index (χ0v) is 7.96. The van der Waals surface area contributed by atoms with Gasteiger partial charge in [0, 0.05) is 17.6 Å². The molecule has 1 aromatic heterocycles. The fourth-order valence-corrected chi connectivity index (χ4v) is 1.64. The molecule has 2 N–H and O–H groups in total. The summed E-state index contributed by atoms with van der Waals surface area (Å²) in [5.74, 6) is 0.912. The van der Waals surface area contributed by atoms with Crippen LogP contribution in [0.1, 0.15) is 12.8 Å². The van der Waals surface area contributed by atoms with Crippen molar-refractivity contribution in [3.8, 4) is 0 Å². The largest absolute Gasteiger partial charge is 0.385 e. The number of fused-ring (bicyclic) bond motifs is 1. The lowest BCUT2D eigenvalue weighted by Gasteiger charge is -2.04. The Balaban J connectivity index is 1.81. The van der Waals surface area contributed by atoms with E-state index in [-0.39, 0.29) is 0 Å². The fourth-order valence-electron chi connectivity index (χ4n) is 1.64. The molecule has 1 aliphatic carbocycles. The Morgan fingerprint density at radius 3 is 3.21 bits per heavy atom. The second-order valence-electron chi connectivity index (χ2n) is 4.00. The molecule has 1 fully saturated rings. The summed E-state index contributed by atoms with van der Waals surface area (Å²) in [6.07, 6.45) is 4.64. The third kappa shape index (κ3) is 1.45. The highest BCUT2D eigenvalue weighted by molar-refractivity contribution is 5.81. The van der Waals surface area contributed by atoms with Crippen LogP contribution in [0.5, 0.6) is 0 Å². The Morgan fingerprint density at radius 1 is 1.43 bits per heavy atom. The molecule has 1 saturated carbocycles. The molecule has 0 atom stereocenters. The standard InChI is InChI=1S/C11H13N3/c1-2-8(1)6-12-10-3-4-11-9(5-10)7-13-14-11/h3-5,7-8,12H,1-2,6H2,(H,13,14). The Morgan fingerprint density at radius 2 is 2.36 bits per heavy atom. The van der Waals surface area contributed by atoms with Gasteiger partial charge in [0.15, 0.2) is 0 Å². The third-order valence-electron chi connectivity index (χ3n) is 2.73. The summed E-state index contributed by atoms with van der Waals surface area (Å²) in [6.45, 7) is 1.11. The number of H-pyrrole nitrogens is 1. The quantitative estimate of drug-likeness (QED) is 0.774. The monoisotopic (exact) mass is 187 g/mol. The topological polar surface area (TPSA) is 40.7 Å². The van der Waals surface area contributed by atoms with Crippen LogP contribution in [0.25, 0.3) is 10.9 Å². The van der Waals surface area contributed by atoms with Crippen molar-refractivity contribution in [1.82, 2.24) is 10.2 Å². The fraction of sp³-hybridized carbons (Fsp3) is 0.364. The first kappa shape index (κ1) is 7.85. The van der Waals surface area contributed by atoms with E-state index in [1.165, 1.54) is 23.9 Å². The lowest BCUT2D eigenvalue weighted by atomic mass is 10.2. The van der Waals surface area contributed by atoms with Gasteiger partial charge in [0.1, 0.15) is 0 Å². The zero-order valence-electron chi connectivity index (χ0n) is 7.96. The van der Waals surface area contributed by atoms with E-state index in [9.17, 15) is 0 Å². The van der Waals surface area contributed by atoms with Crippen molar-refractivity contribution in [2.45, 2.75) is 12.8 Å². The van der Waals surface area contributed by atoms with E-state index in [1.54, 1.807) is 0 Å². The summed E-state index contributed by atoms with van der Waals surface area (Å²) < 4.78 is 0. The van der Waals surface area contributed by atoms with Crippen molar-refractivity contribution in [3.63, 3.8) is 0 Å². The Labute approximate surface area is 82.5 Å². The second-order valence-corrected chi connectivity index (χ2v) is 4.00. The maximum Gasteiger partial charge on any atom is 0.0651 e. The van der Waals surface area contributed by atoms with E-state index in [0.29, 0.717) is 0 Å². The van der Waals surface area contributed by atoms with Crippen molar-refractivity contribution in [1.29, 1.82) is 0 Å². The number of hydrogen-bond donors (Lipinski definition) is 2. The smallest absolute Gasteiger partial charge is 0.0651 e. The van der Waals surface area contributed by atoms with Gasteiger partial charge in [-0.3, -0.25) is 5.10 Å². The summed E-state index contributed by atoms with van der Waals surface area (Å²) in [4.78, 5) is 0. The van der Waals surface area contributed by atoms with E-state index in [0.717, 1.165) is 18.0 Å². The molecule has 0 amide bonds. The minimum absolute atomic E-state index is 0.912. The Kier molecular flexibility index (Phi) is 1.69. The van der Waals surface area contributed by atoms with Crippen molar-refractivity contribution in [2.24, 2.45) is 5.92 Å². The Bertz CT molecular complexity index is 442. The van der Waals surface area contributed by atoms with Crippen LogP contribution in [0.2, 0.25) is 0 Å². The van der Waals surface area contributed by atoms with Crippen LogP contribution in [-0.4, -0.2) is 16.7 Å². The summed E-state index contributed by atoms with van der Waals surface area (Å²) >= 11 is 0. The van der Waals surface area contributed by atoms with Gasteiger partial charge in [-0.25, -0.2) is 0 Å². The Hall–Kier alpha value is -1.51. The highest BCUT2D eigenvalue weighted by Gasteiger charge is 2.20. The molecule has 0 saturated heterocycles. The van der Waals surface area contributed by atoms with Crippen molar-refractivity contribution >= 4 is 16.6 Å². The highest BCUT2D eigenvalue weighted by atomic mass is 15.1. The number of aromatic nitrogens is 2. The first-order valence-electron chi connectivity index (χ1n) is 5.09. The summed E-state index contributed by atoms with van der Waals surface area (Å²) in [7, 11) is 0. The van der Waals surface area contributed by atoms with Crippen LogP contribution in [0, 0.1) is 5.92 Å². The first-order valence-corrected chi connectivity index (χ1v) is 5.09. The van der Waals surface area contributed by atoms with Gasteiger partial charge in [0.2, 0.25) is 0 Å². The predicted octanol–water partition coefficient (Wildman–Crippen LogP) is 2.38. The minimum atomic E-state index is 0.912. The van der Waals surface area contributed by atoms with Gasteiger partial charge < -0.3 is 5.32 Å². The lowest BCUT2D eigenvalue weighted by Crippen LogP contribution is -2.02. The number of anilines is 1. The molecule has 0 bridgehead atoms. The number of benzene rings is 1. The molecule has 0 aliphatic heterocycles. The number of aromatic amines is 1. The molecule has 72 valence electrons. The molecule has 1 heterocycles. The number of hydrogen-bond acceptors (Lipinski definition) is 2. The second kappa shape index (κ2) is 3.01. The van der Waals surface area contributed by atoms with Crippen molar-refractivity contribution in [3.05, 3.63) is 24.4 Å². The molecule has 3 rings (SSSR count). The van der Waals surface area contributed by atoms with E-state index < -0.39 is 0 Å². The highest BCUT2D eigenvalue weighted by Crippen LogP contribution is 2.29. The van der Waals surface area contributed by atoms with Gasteiger partial charge in [-0.2, -0.15) is 5.10 Å². The average Bonchev–Trinajstić information content (AvgIpc) is 2.92. The van der Waals surface area contributed by atoms with Crippen LogP contribution in [0.3, 0.4) is 0 Å². The molecule has 0 unspecified atom stereocenters. The molecule has 2 aromatic rings. The van der Waals surface area contributed by atoms with Gasteiger partial charge in [0.25, 0.3) is 0 Å². The average molecular weight is 187 g/mol. The predicted molar refractivity (Wildman–Crippen MR) is 57.3 cm³/mol. The summed E-state index contributed by atoms with van der Waals surface area (Å²) in [6, 6.07) is 6.31. The zero-order chi connectivity index (χ0) is 9.38. The van der Waals surface area contributed by atoms with Gasteiger partial charge in [0.05, 0.1) is 11.7 Å². The van der Waals surface area contributed by atoms with Gasteiger partial charge >= 0.3 is 0 Å². The van der Waals surface area contributed by atoms with Crippen LogP contribution in [-0.2, 0) is 0 Å². The number of nitrogens with zero attached hydrogens (tertiary/aromatic N) is 1. The first-order chi connectivity index (χ1) is 6.92. The normalized spacial score (nSPS) is 16.0. The van der Waals surface area contributed by atoms with Crippen molar-refractivity contribution in [2.75, 3.05) is 11.9 Å². The molecule has 3 heteroatoms. The number of rotatable bonds is 3. The van der Waals surface area contributed by atoms with Gasteiger partial charge in [-0.05, 0) is 37.0 Å². The molecule has 0 radical (unpaired) electrons. The van der Waals surface area contributed by atoms with Crippen molar-refractivity contribution < 1.29 is 0 Å². The van der Waals surface area contributed by atoms with E-state index >= 15 is 0 Å². The molecule has 14 heavy (non-hydrogen) atoms. The van der Waals surface area contributed by atoms with Crippen LogP contribution in [0.15, 0.2) is 24.4 Å². The maximum atomic E-state index is 4.00. The summed E-state index contributed by atoms with van der Waals surface area (Å²) in [5, 5.41) is 11.6. The van der Waals surface area contributed by atoms with Crippen LogP contribution >= 0.6 is 0 Å². The molecular weight excluding hydrogens is 174 g/mol. The minimum Gasteiger partial charge on any atom is -0.385 e. The van der Waals surface area contributed by atoms with E-state index in [1.807, 2.05) is 6.20 Å². The van der Waals surface area contributed by atoms with E-state index in [4.69, 9.17) is 0 Å². The molecule has 1 aliphatic rings. The molecule has 3 nitrogen and oxygen atoms in total. The summed E-state index contributed by atoms with van der Waals surface area (Å²) in [5.41, 5.74) is 2.30. The molecular formula is C11H13N3. The molecule has 0 spiro atoms. The lowest BCUT2D eigenvalue weighted by molar-refractivity contribution is 0.889. The van der Waals surface area contributed by atoms with Crippen LogP contribution < -0.4 is 5.32 Å². The number of nitrogens with one attached hydrogen (secondary N) is 2. The van der Waals surface area contributed by atoms with Crippen LogP contribution in [0.4, 0.5) is 5.69 Å². The third-order valence-corrected chi connectivity index (χ3v) is 2.73. The molecule has 1 aromatic carbocycles. The SMILES string of the molecule is c1cc2[nH]ncc2cc1NCC1CC1. The van der Waals surface area contributed by atoms with Gasteiger partial charge in [-0.1, -0.05) is 0 Å². The van der Waals surface area contributed by atoms with Gasteiger partial charge in [-0.15, -0.1) is 0 Å².